The molecule has 0 saturated carbocycles. The number of benzene rings is 1. The van der Waals surface area contributed by atoms with Gasteiger partial charge in [-0.3, -0.25) is 4.98 Å². The number of carbonyl (C=O) groups is 1. The van der Waals surface area contributed by atoms with Crippen molar-refractivity contribution in [3.8, 4) is 0 Å². The van der Waals surface area contributed by atoms with Crippen LogP contribution in [-0.2, 0) is 0 Å². The van der Waals surface area contributed by atoms with Crippen LogP contribution in [0, 0.1) is 0 Å². The summed E-state index contributed by atoms with van der Waals surface area (Å²) >= 11 is 0. The molecule has 19 heavy (non-hydrogen) atoms. The van der Waals surface area contributed by atoms with Crippen LogP contribution in [0.2, 0.25) is 0 Å². The van der Waals surface area contributed by atoms with Crippen molar-refractivity contribution in [2.75, 3.05) is 5.32 Å². The van der Waals surface area contributed by atoms with Gasteiger partial charge in [-0.15, -0.1) is 0 Å². The molecule has 0 spiro atoms. The maximum Gasteiger partial charge on any atom is 0.374 e. The van der Waals surface area contributed by atoms with Gasteiger partial charge in [-0.1, -0.05) is 18.2 Å². The molecule has 0 radical (unpaired) electrons. The van der Waals surface area contributed by atoms with Gasteiger partial charge in [0.05, 0.1) is 5.39 Å². The molecule has 0 saturated heterocycles. The van der Waals surface area contributed by atoms with Crippen molar-refractivity contribution in [2.45, 2.75) is 0 Å². The molecule has 94 valence electrons. The molecule has 0 fully saturated rings. The number of para-hydroxylation sites is 1. The average molecular weight is 254 g/mol. The van der Waals surface area contributed by atoms with E-state index in [9.17, 15) is 9.90 Å². The first kappa shape index (κ1) is 11.3. The molecule has 3 aromatic rings. The molecule has 2 N–H and O–H groups in total. The van der Waals surface area contributed by atoms with Crippen molar-refractivity contribution >= 4 is 28.3 Å². The molecular weight excluding hydrogens is 244 g/mol. The van der Waals surface area contributed by atoms with Gasteiger partial charge in [0.15, 0.2) is 0 Å². The average Bonchev–Trinajstić information content (AvgIpc) is 2.79. The molecule has 0 aliphatic rings. The van der Waals surface area contributed by atoms with Gasteiger partial charge in [-0.25, -0.2) is 4.79 Å². The quantitative estimate of drug-likeness (QED) is 0.750. The highest BCUT2D eigenvalue weighted by Gasteiger charge is 2.20. The fourth-order valence-electron chi connectivity index (χ4n) is 1.88. The van der Waals surface area contributed by atoms with Gasteiger partial charge in [0, 0.05) is 18.1 Å². The van der Waals surface area contributed by atoms with E-state index in [0.29, 0.717) is 16.7 Å². The number of furan rings is 1. The fraction of sp³-hybridized carbons (Fsp3) is 0. The summed E-state index contributed by atoms with van der Waals surface area (Å²) in [7, 11) is 0. The number of aromatic nitrogens is 1. The minimum atomic E-state index is -1.12. The van der Waals surface area contributed by atoms with Crippen molar-refractivity contribution in [3.05, 3.63) is 54.6 Å². The van der Waals surface area contributed by atoms with Gasteiger partial charge < -0.3 is 14.8 Å². The molecule has 5 heteroatoms. The van der Waals surface area contributed by atoms with Crippen LogP contribution in [0.4, 0.5) is 11.4 Å². The van der Waals surface area contributed by atoms with Crippen LogP contribution in [0.1, 0.15) is 10.6 Å². The SMILES string of the molecule is O=C(O)c1oc2ccncc2c1Nc1ccccc1. The number of fused-ring (bicyclic) bond motifs is 1. The normalized spacial score (nSPS) is 10.5. The lowest BCUT2D eigenvalue weighted by Crippen LogP contribution is -1.99. The second-order valence-electron chi connectivity index (χ2n) is 3.97. The Labute approximate surface area is 108 Å². The summed E-state index contributed by atoms with van der Waals surface area (Å²) in [5.74, 6) is -1.23. The summed E-state index contributed by atoms with van der Waals surface area (Å²) in [6.45, 7) is 0. The Balaban J connectivity index is 2.15. The van der Waals surface area contributed by atoms with Crippen molar-refractivity contribution in [3.63, 3.8) is 0 Å². The van der Waals surface area contributed by atoms with Gasteiger partial charge in [-0.2, -0.15) is 0 Å². The first-order valence-electron chi connectivity index (χ1n) is 5.67. The first-order chi connectivity index (χ1) is 9.25. The van der Waals surface area contributed by atoms with Gasteiger partial charge in [0.1, 0.15) is 11.3 Å². The molecule has 3 rings (SSSR count). The zero-order valence-electron chi connectivity index (χ0n) is 9.83. The zero-order chi connectivity index (χ0) is 13.2. The molecule has 0 unspecified atom stereocenters. The second-order valence-corrected chi connectivity index (χ2v) is 3.97. The number of anilines is 2. The maximum absolute atomic E-state index is 11.2. The Hall–Kier alpha value is -2.82. The molecule has 2 aromatic heterocycles. The van der Waals surface area contributed by atoms with E-state index in [1.807, 2.05) is 30.3 Å². The molecule has 0 bridgehead atoms. The topological polar surface area (TPSA) is 75.4 Å². The van der Waals surface area contributed by atoms with E-state index in [0.717, 1.165) is 5.69 Å². The van der Waals surface area contributed by atoms with E-state index >= 15 is 0 Å². The summed E-state index contributed by atoms with van der Waals surface area (Å²) in [5.41, 5.74) is 1.70. The van der Waals surface area contributed by atoms with Crippen LogP contribution in [-0.4, -0.2) is 16.1 Å². The molecule has 0 aliphatic carbocycles. The van der Waals surface area contributed by atoms with Gasteiger partial charge in [-0.05, 0) is 18.2 Å². The maximum atomic E-state index is 11.2. The lowest BCUT2D eigenvalue weighted by Gasteiger charge is -2.04. The zero-order valence-corrected chi connectivity index (χ0v) is 9.83. The van der Waals surface area contributed by atoms with Crippen molar-refractivity contribution < 1.29 is 14.3 Å². The van der Waals surface area contributed by atoms with Crippen LogP contribution in [0.3, 0.4) is 0 Å². The summed E-state index contributed by atoms with van der Waals surface area (Å²) in [6.07, 6.45) is 3.14. The lowest BCUT2D eigenvalue weighted by atomic mass is 10.2. The van der Waals surface area contributed by atoms with E-state index in [2.05, 4.69) is 10.3 Å². The number of nitrogens with zero attached hydrogens (tertiary/aromatic N) is 1. The molecule has 5 nitrogen and oxygen atoms in total. The predicted molar refractivity (Wildman–Crippen MR) is 70.7 cm³/mol. The van der Waals surface area contributed by atoms with Crippen LogP contribution >= 0.6 is 0 Å². The third-order valence-electron chi connectivity index (χ3n) is 2.73. The summed E-state index contributed by atoms with van der Waals surface area (Å²) in [5, 5.41) is 12.9. The van der Waals surface area contributed by atoms with Gasteiger partial charge in [0.2, 0.25) is 5.76 Å². The largest absolute Gasteiger partial charge is 0.475 e. The van der Waals surface area contributed by atoms with Crippen LogP contribution in [0.25, 0.3) is 11.0 Å². The third kappa shape index (κ3) is 2.01. The smallest absolute Gasteiger partial charge is 0.374 e. The highest BCUT2D eigenvalue weighted by Crippen LogP contribution is 2.32. The van der Waals surface area contributed by atoms with Gasteiger partial charge >= 0.3 is 5.97 Å². The molecule has 2 heterocycles. The number of pyridine rings is 1. The minimum Gasteiger partial charge on any atom is -0.475 e. The van der Waals surface area contributed by atoms with Crippen LogP contribution in [0.15, 0.2) is 53.2 Å². The number of carboxylic acid groups (broad SMARTS) is 1. The minimum absolute atomic E-state index is 0.119. The summed E-state index contributed by atoms with van der Waals surface area (Å²) < 4.78 is 5.33. The Morgan fingerprint density at radius 1 is 1.21 bits per heavy atom. The summed E-state index contributed by atoms with van der Waals surface area (Å²) in [4.78, 5) is 15.2. The monoisotopic (exact) mass is 254 g/mol. The molecule has 0 atom stereocenters. The Morgan fingerprint density at radius 3 is 2.74 bits per heavy atom. The van der Waals surface area contributed by atoms with E-state index in [1.54, 1.807) is 18.5 Å². The third-order valence-corrected chi connectivity index (χ3v) is 2.73. The molecule has 0 amide bonds. The van der Waals surface area contributed by atoms with Gasteiger partial charge in [0.25, 0.3) is 0 Å². The second kappa shape index (κ2) is 4.45. The van der Waals surface area contributed by atoms with E-state index in [1.165, 1.54) is 0 Å². The number of hydrogen-bond acceptors (Lipinski definition) is 4. The number of nitrogens with one attached hydrogen (secondary N) is 1. The van der Waals surface area contributed by atoms with E-state index in [4.69, 9.17) is 4.42 Å². The van der Waals surface area contributed by atoms with E-state index in [-0.39, 0.29) is 5.76 Å². The Bertz CT molecular complexity index is 735. The highest BCUT2D eigenvalue weighted by molar-refractivity contribution is 6.04. The Kier molecular flexibility index (Phi) is 2.64. The van der Waals surface area contributed by atoms with E-state index < -0.39 is 5.97 Å². The number of aromatic carboxylic acids is 1. The van der Waals surface area contributed by atoms with Crippen molar-refractivity contribution in [1.82, 2.24) is 4.98 Å². The number of rotatable bonds is 3. The standard InChI is InChI=1S/C14H10N2O3/c17-14(18)13-12(16-9-4-2-1-3-5-9)10-8-15-7-6-11(10)19-13/h1-8,16H,(H,17,18). The van der Waals surface area contributed by atoms with Crippen molar-refractivity contribution in [1.29, 1.82) is 0 Å². The summed E-state index contributed by atoms with van der Waals surface area (Å²) in [6, 6.07) is 10.9. The Morgan fingerprint density at radius 2 is 2.00 bits per heavy atom. The number of hydrogen-bond donors (Lipinski definition) is 2. The molecule has 1 aromatic carbocycles. The van der Waals surface area contributed by atoms with Crippen LogP contribution < -0.4 is 5.32 Å². The predicted octanol–water partition coefficient (Wildman–Crippen LogP) is 3.27. The first-order valence-corrected chi connectivity index (χ1v) is 5.67. The lowest BCUT2D eigenvalue weighted by molar-refractivity contribution is 0.0666. The van der Waals surface area contributed by atoms with Crippen molar-refractivity contribution in [2.24, 2.45) is 0 Å². The molecular formula is C14H10N2O3. The van der Waals surface area contributed by atoms with Crippen LogP contribution in [0.5, 0.6) is 0 Å². The highest BCUT2D eigenvalue weighted by atomic mass is 16.4. The molecule has 0 aliphatic heterocycles. The fourth-order valence-corrected chi connectivity index (χ4v) is 1.88. The number of carboxylic acids is 1.